The van der Waals surface area contributed by atoms with E-state index in [0.717, 1.165) is 37.3 Å². The SMILES string of the molecule is CCC(N)c1ccc(N(C)CCCN(C)C)cn1. The Hall–Kier alpha value is -1.13. The van der Waals surface area contributed by atoms with Crippen LogP contribution in [0.15, 0.2) is 18.3 Å². The van der Waals surface area contributed by atoms with Crippen molar-refractivity contribution in [2.24, 2.45) is 5.73 Å². The van der Waals surface area contributed by atoms with Crippen LogP contribution in [-0.4, -0.2) is 44.1 Å². The highest BCUT2D eigenvalue weighted by Crippen LogP contribution is 2.16. The zero-order valence-electron chi connectivity index (χ0n) is 12.1. The first kappa shape index (κ1) is 14.9. The highest BCUT2D eigenvalue weighted by Gasteiger charge is 2.06. The van der Waals surface area contributed by atoms with Gasteiger partial charge in [-0.15, -0.1) is 0 Å². The summed E-state index contributed by atoms with van der Waals surface area (Å²) in [6.07, 6.45) is 3.99. The quantitative estimate of drug-likeness (QED) is 0.802. The van der Waals surface area contributed by atoms with Gasteiger partial charge in [-0.3, -0.25) is 4.98 Å². The molecule has 0 aromatic carbocycles. The van der Waals surface area contributed by atoms with Crippen molar-refractivity contribution in [2.45, 2.75) is 25.8 Å². The predicted octanol–water partition coefficient (Wildman–Crippen LogP) is 1.88. The van der Waals surface area contributed by atoms with Crippen LogP contribution in [0.3, 0.4) is 0 Å². The first-order chi connectivity index (χ1) is 8.54. The number of hydrogen-bond donors (Lipinski definition) is 1. The number of anilines is 1. The van der Waals surface area contributed by atoms with Crippen LogP contribution in [0.5, 0.6) is 0 Å². The topological polar surface area (TPSA) is 45.4 Å². The summed E-state index contributed by atoms with van der Waals surface area (Å²) >= 11 is 0. The third kappa shape index (κ3) is 4.63. The maximum Gasteiger partial charge on any atom is 0.0572 e. The van der Waals surface area contributed by atoms with Crippen LogP contribution in [0.4, 0.5) is 5.69 Å². The molecule has 0 spiro atoms. The van der Waals surface area contributed by atoms with Gasteiger partial charge < -0.3 is 15.5 Å². The Morgan fingerprint density at radius 3 is 2.44 bits per heavy atom. The van der Waals surface area contributed by atoms with Gasteiger partial charge in [-0.25, -0.2) is 0 Å². The first-order valence-corrected chi connectivity index (χ1v) is 6.62. The van der Waals surface area contributed by atoms with Gasteiger partial charge >= 0.3 is 0 Å². The smallest absolute Gasteiger partial charge is 0.0572 e. The van der Waals surface area contributed by atoms with Gasteiger partial charge in [-0.2, -0.15) is 0 Å². The van der Waals surface area contributed by atoms with Crippen molar-refractivity contribution in [1.82, 2.24) is 9.88 Å². The second kappa shape index (κ2) is 7.34. The fraction of sp³-hybridized carbons (Fsp3) is 0.643. The molecule has 1 aromatic heterocycles. The lowest BCUT2D eigenvalue weighted by molar-refractivity contribution is 0.401. The Bertz CT molecular complexity index is 334. The molecule has 0 aliphatic rings. The fourth-order valence-electron chi connectivity index (χ4n) is 1.80. The molecular weight excluding hydrogens is 224 g/mol. The molecule has 2 N–H and O–H groups in total. The first-order valence-electron chi connectivity index (χ1n) is 6.62. The van der Waals surface area contributed by atoms with Crippen molar-refractivity contribution in [2.75, 3.05) is 39.1 Å². The number of aromatic nitrogens is 1. The molecule has 0 saturated carbocycles. The molecule has 0 aliphatic heterocycles. The van der Waals surface area contributed by atoms with E-state index in [0.29, 0.717) is 0 Å². The molecule has 4 heteroatoms. The average molecular weight is 250 g/mol. The van der Waals surface area contributed by atoms with Crippen LogP contribution in [0, 0.1) is 0 Å². The molecule has 0 aliphatic carbocycles. The standard InChI is InChI=1S/C14H26N4/c1-5-13(15)14-8-7-12(11-16-14)18(4)10-6-9-17(2)3/h7-8,11,13H,5-6,9-10,15H2,1-4H3. The lowest BCUT2D eigenvalue weighted by Crippen LogP contribution is -2.23. The van der Waals surface area contributed by atoms with Crippen LogP contribution in [0.25, 0.3) is 0 Å². The Kier molecular flexibility index (Phi) is 6.09. The number of nitrogens with two attached hydrogens (primary N) is 1. The molecule has 18 heavy (non-hydrogen) atoms. The van der Waals surface area contributed by atoms with Gasteiger partial charge in [0.2, 0.25) is 0 Å². The maximum atomic E-state index is 5.95. The Balaban J connectivity index is 2.51. The van der Waals surface area contributed by atoms with Crippen LogP contribution in [-0.2, 0) is 0 Å². The van der Waals surface area contributed by atoms with E-state index in [9.17, 15) is 0 Å². The molecule has 0 fully saturated rings. The summed E-state index contributed by atoms with van der Waals surface area (Å²) in [5, 5.41) is 0. The van der Waals surface area contributed by atoms with Gasteiger partial charge in [0.05, 0.1) is 17.6 Å². The van der Waals surface area contributed by atoms with E-state index in [1.54, 1.807) is 0 Å². The van der Waals surface area contributed by atoms with Crippen LogP contribution < -0.4 is 10.6 Å². The van der Waals surface area contributed by atoms with Gasteiger partial charge in [0.15, 0.2) is 0 Å². The molecule has 4 nitrogen and oxygen atoms in total. The Morgan fingerprint density at radius 1 is 1.22 bits per heavy atom. The fourth-order valence-corrected chi connectivity index (χ4v) is 1.80. The molecule has 1 heterocycles. The summed E-state index contributed by atoms with van der Waals surface area (Å²) in [6.45, 7) is 4.23. The van der Waals surface area contributed by atoms with Gasteiger partial charge in [0.1, 0.15) is 0 Å². The van der Waals surface area contributed by atoms with E-state index in [1.165, 1.54) is 0 Å². The zero-order valence-corrected chi connectivity index (χ0v) is 12.1. The minimum Gasteiger partial charge on any atom is -0.373 e. The van der Waals surface area contributed by atoms with Crippen molar-refractivity contribution < 1.29 is 0 Å². The number of hydrogen-bond acceptors (Lipinski definition) is 4. The van der Waals surface area contributed by atoms with E-state index in [1.807, 2.05) is 12.3 Å². The summed E-state index contributed by atoms with van der Waals surface area (Å²) < 4.78 is 0. The van der Waals surface area contributed by atoms with Gasteiger partial charge in [0, 0.05) is 19.6 Å². The van der Waals surface area contributed by atoms with E-state index in [4.69, 9.17) is 5.73 Å². The van der Waals surface area contributed by atoms with Crippen LogP contribution in [0.2, 0.25) is 0 Å². The van der Waals surface area contributed by atoms with E-state index < -0.39 is 0 Å². The van der Waals surface area contributed by atoms with Crippen LogP contribution >= 0.6 is 0 Å². The molecule has 0 saturated heterocycles. The second-order valence-corrected chi connectivity index (χ2v) is 5.03. The molecule has 1 rings (SSSR count). The monoisotopic (exact) mass is 250 g/mol. The maximum absolute atomic E-state index is 5.95. The Morgan fingerprint density at radius 2 is 1.94 bits per heavy atom. The lowest BCUT2D eigenvalue weighted by Gasteiger charge is -2.20. The third-order valence-electron chi connectivity index (χ3n) is 3.13. The molecular formula is C14H26N4. The second-order valence-electron chi connectivity index (χ2n) is 5.03. The summed E-state index contributed by atoms with van der Waals surface area (Å²) in [5.74, 6) is 0. The van der Waals surface area contributed by atoms with Crippen molar-refractivity contribution in [3.63, 3.8) is 0 Å². The predicted molar refractivity (Wildman–Crippen MR) is 77.9 cm³/mol. The summed E-state index contributed by atoms with van der Waals surface area (Å²) in [6, 6.07) is 4.19. The van der Waals surface area contributed by atoms with Gasteiger partial charge in [0.25, 0.3) is 0 Å². The molecule has 0 amide bonds. The number of rotatable bonds is 7. The number of nitrogens with zero attached hydrogens (tertiary/aromatic N) is 3. The Labute approximate surface area is 111 Å². The van der Waals surface area contributed by atoms with Gasteiger partial charge in [-0.05, 0) is 45.6 Å². The van der Waals surface area contributed by atoms with Crippen LogP contribution in [0.1, 0.15) is 31.5 Å². The van der Waals surface area contributed by atoms with E-state index >= 15 is 0 Å². The zero-order chi connectivity index (χ0) is 13.5. The van der Waals surface area contributed by atoms with E-state index in [-0.39, 0.29) is 6.04 Å². The average Bonchev–Trinajstić information content (AvgIpc) is 2.37. The number of pyridine rings is 1. The van der Waals surface area contributed by atoms with Crippen molar-refractivity contribution in [3.8, 4) is 0 Å². The highest BCUT2D eigenvalue weighted by molar-refractivity contribution is 5.43. The highest BCUT2D eigenvalue weighted by atomic mass is 15.1. The molecule has 102 valence electrons. The van der Waals surface area contributed by atoms with E-state index in [2.05, 4.69) is 48.9 Å². The largest absolute Gasteiger partial charge is 0.373 e. The molecule has 1 atom stereocenters. The normalized spacial score (nSPS) is 12.8. The van der Waals surface area contributed by atoms with Crippen molar-refractivity contribution >= 4 is 5.69 Å². The molecule has 1 unspecified atom stereocenters. The van der Waals surface area contributed by atoms with Crippen molar-refractivity contribution in [3.05, 3.63) is 24.0 Å². The van der Waals surface area contributed by atoms with Gasteiger partial charge in [-0.1, -0.05) is 6.92 Å². The summed E-state index contributed by atoms with van der Waals surface area (Å²) in [5.41, 5.74) is 8.08. The molecule has 0 bridgehead atoms. The molecule has 0 radical (unpaired) electrons. The summed E-state index contributed by atoms with van der Waals surface area (Å²) in [4.78, 5) is 8.87. The van der Waals surface area contributed by atoms with Crippen molar-refractivity contribution in [1.29, 1.82) is 0 Å². The minimum atomic E-state index is 0.0538. The third-order valence-corrected chi connectivity index (χ3v) is 3.13. The minimum absolute atomic E-state index is 0.0538. The molecule has 1 aromatic rings. The lowest BCUT2D eigenvalue weighted by atomic mass is 10.1. The summed E-state index contributed by atoms with van der Waals surface area (Å²) in [7, 11) is 6.30.